The van der Waals surface area contributed by atoms with Crippen LogP contribution in [-0.4, -0.2) is 63.1 Å². The van der Waals surface area contributed by atoms with Gasteiger partial charge in [-0.05, 0) is 123 Å². The highest BCUT2D eigenvalue weighted by molar-refractivity contribution is 7.57. The van der Waals surface area contributed by atoms with Crippen LogP contribution < -0.4 is 19.2 Å². The molecule has 0 radical (unpaired) electrons. The zero-order valence-corrected chi connectivity index (χ0v) is 37.1. The summed E-state index contributed by atoms with van der Waals surface area (Å²) in [5.74, 6) is -0.280. The Morgan fingerprint density at radius 2 is 0.778 bits per heavy atom. The van der Waals surface area contributed by atoms with Crippen LogP contribution in [-0.2, 0) is 37.7 Å². The van der Waals surface area contributed by atoms with Crippen molar-refractivity contribution >= 4 is 27.0 Å². The van der Waals surface area contributed by atoms with Gasteiger partial charge in [-0.3, -0.25) is 18.7 Å². The monoisotopic (exact) mass is 796 g/mol. The molecule has 4 unspecified atom stereocenters. The Balaban J connectivity index is 2.80. The predicted molar refractivity (Wildman–Crippen MR) is 216 cm³/mol. The Bertz CT molecular complexity index is 1490. The summed E-state index contributed by atoms with van der Waals surface area (Å²) >= 11 is 0. The van der Waals surface area contributed by atoms with Gasteiger partial charge >= 0.3 is 27.0 Å². The first-order valence-electron chi connectivity index (χ1n) is 18.9. The highest BCUT2D eigenvalue weighted by Gasteiger charge is 2.35. The third kappa shape index (κ3) is 13.2. The Kier molecular flexibility index (Phi) is 18.0. The minimum Gasteiger partial charge on any atom is -0.462 e. The second-order valence-electron chi connectivity index (χ2n) is 15.6. The van der Waals surface area contributed by atoms with Crippen molar-refractivity contribution in [2.45, 2.75) is 145 Å². The summed E-state index contributed by atoms with van der Waals surface area (Å²) in [5, 5.41) is 5.77. The number of carbonyl (C=O) groups is 2. The lowest BCUT2D eigenvalue weighted by molar-refractivity contribution is -0.149. The highest BCUT2D eigenvalue weighted by atomic mass is 31.2. The standard InChI is InChI=1S/C40H66N2O10P2/c1-23(2)33-17-31(18-34(24(3)4)37(33)51-53(45,21-47-15)41-29(13)39(43)49-27(9)10)32-19-35(25(5)6)38(36(20-32)26(7)8)52-54(46,22-48-16)42-30(14)40(44)50-28(11)12/h17-20,23-30H,21-22H2,1-16H3,(H,41,45)(H,42,46). The van der Waals surface area contributed by atoms with E-state index in [2.05, 4.69) is 10.2 Å². The molecule has 0 spiro atoms. The molecule has 0 aliphatic carbocycles. The molecule has 0 bridgehead atoms. The van der Waals surface area contributed by atoms with Gasteiger partial charge in [0.1, 0.15) is 36.3 Å². The number of rotatable bonds is 21. The number of nitrogens with one attached hydrogen (secondary N) is 2. The fourth-order valence-electron chi connectivity index (χ4n) is 5.79. The number of methoxy groups -OCH3 is 2. The molecule has 4 atom stereocenters. The van der Waals surface area contributed by atoms with E-state index in [9.17, 15) is 18.7 Å². The van der Waals surface area contributed by atoms with E-state index >= 15 is 0 Å². The summed E-state index contributed by atoms with van der Waals surface area (Å²) in [7, 11) is -4.68. The molecule has 0 amide bonds. The lowest BCUT2D eigenvalue weighted by Gasteiger charge is -2.29. The third-order valence-corrected chi connectivity index (χ3v) is 12.1. The number of hydrogen-bond acceptors (Lipinski definition) is 10. The van der Waals surface area contributed by atoms with Gasteiger partial charge in [0, 0.05) is 14.2 Å². The van der Waals surface area contributed by atoms with Gasteiger partial charge < -0.3 is 28.0 Å². The molecule has 0 aliphatic rings. The van der Waals surface area contributed by atoms with Crippen molar-refractivity contribution in [1.82, 2.24) is 10.2 Å². The molecule has 0 heterocycles. The maximum atomic E-state index is 14.3. The Labute approximate surface area is 324 Å². The molecule has 0 saturated heterocycles. The second-order valence-corrected chi connectivity index (χ2v) is 19.7. The molecule has 54 heavy (non-hydrogen) atoms. The van der Waals surface area contributed by atoms with Gasteiger partial charge in [-0.25, -0.2) is 10.2 Å². The molecule has 306 valence electrons. The first-order chi connectivity index (χ1) is 25.0. The molecule has 0 aliphatic heterocycles. The van der Waals surface area contributed by atoms with Gasteiger partial charge in [-0.2, -0.15) is 0 Å². The van der Waals surface area contributed by atoms with Crippen molar-refractivity contribution in [3.05, 3.63) is 46.5 Å². The van der Waals surface area contributed by atoms with E-state index in [-0.39, 0.29) is 48.6 Å². The van der Waals surface area contributed by atoms with Gasteiger partial charge in [-0.15, -0.1) is 0 Å². The number of hydrogen-bond donors (Lipinski definition) is 2. The van der Waals surface area contributed by atoms with Crippen LogP contribution in [0.15, 0.2) is 24.3 Å². The Hall–Kier alpha value is -2.72. The molecule has 2 aromatic carbocycles. The average Bonchev–Trinajstić information content (AvgIpc) is 3.03. The van der Waals surface area contributed by atoms with Crippen molar-refractivity contribution < 1.29 is 46.7 Å². The summed E-state index contributed by atoms with van der Waals surface area (Å²) < 4.78 is 62.9. The zero-order chi connectivity index (χ0) is 41.3. The van der Waals surface area contributed by atoms with E-state index < -0.39 is 39.1 Å². The number of ether oxygens (including phenoxy) is 4. The van der Waals surface area contributed by atoms with Crippen molar-refractivity contribution in [1.29, 1.82) is 0 Å². The smallest absolute Gasteiger partial charge is 0.342 e. The summed E-state index contributed by atoms with van der Waals surface area (Å²) in [6.45, 7) is 26.5. The molecule has 12 nitrogen and oxygen atoms in total. The maximum absolute atomic E-state index is 14.3. The lowest BCUT2D eigenvalue weighted by atomic mass is 9.86. The fourth-order valence-corrected chi connectivity index (χ4v) is 9.23. The van der Waals surface area contributed by atoms with E-state index in [4.69, 9.17) is 28.0 Å². The van der Waals surface area contributed by atoms with Crippen LogP contribution in [0.2, 0.25) is 0 Å². The van der Waals surface area contributed by atoms with E-state index in [0.29, 0.717) is 11.5 Å². The van der Waals surface area contributed by atoms with Crippen LogP contribution in [0.25, 0.3) is 11.1 Å². The topological polar surface area (TPSA) is 148 Å². The quantitative estimate of drug-likeness (QED) is 0.0915. The second kappa shape index (κ2) is 20.4. The summed E-state index contributed by atoms with van der Waals surface area (Å²) in [5.41, 5.74) is 5.16. The van der Waals surface area contributed by atoms with Crippen LogP contribution in [0, 0.1) is 0 Å². The van der Waals surface area contributed by atoms with E-state index in [1.54, 1.807) is 41.5 Å². The van der Waals surface area contributed by atoms with Gasteiger partial charge in [0.05, 0.1) is 12.2 Å². The van der Waals surface area contributed by atoms with Gasteiger partial charge in [0.2, 0.25) is 0 Å². The van der Waals surface area contributed by atoms with Gasteiger partial charge in [0.15, 0.2) is 0 Å². The van der Waals surface area contributed by atoms with Crippen molar-refractivity contribution in [3.8, 4) is 22.6 Å². The summed E-state index contributed by atoms with van der Waals surface area (Å²) in [6, 6.07) is 6.36. The van der Waals surface area contributed by atoms with E-state index in [1.165, 1.54) is 14.2 Å². The number of benzene rings is 2. The minimum absolute atomic E-state index is 0.0381. The molecular weight excluding hydrogens is 730 g/mol. The van der Waals surface area contributed by atoms with E-state index in [1.807, 2.05) is 79.7 Å². The number of carbonyl (C=O) groups excluding carboxylic acids is 2. The molecule has 14 heteroatoms. The van der Waals surface area contributed by atoms with Gasteiger partial charge in [-0.1, -0.05) is 55.4 Å². The highest BCUT2D eigenvalue weighted by Crippen LogP contribution is 2.52. The molecule has 0 saturated carbocycles. The molecule has 2 rings (SSSR count). The van der Waals surface area contributed by atoms with Crippen molar-refractivity contribution in [2.24, 2.45) is 0 Å². The fraction of sp³-hybridized carbons (Fsp3) is 0.650. The zero-order valence-electron chi connectivity index (χ0n) is 35.3. The van der Waals surface area contributed by atoms with Crippen molar-refractivity contribution in [3.63, 3.8) is 0 Å². The third-order valence-electron chi connectivity index (χ3n) is 8.38. The largest absolute Gasteiger partial charge is 0.462 e. The Morgan fingerprint density at radius 1 is 0.519 bits per heavy atom. The Morgan fingerprint density at radius 3 is 0.981 bits per heavy atom. The first-order valence-corrected chi connectivity index (χ1v) is 22.5. The SMILES string of the molecule is COCP(=O)(NC(C)C(=O)OC(C)C)Oc1c(C(C)C)cc(-c2cc(C(C)C)c(OP(=O)(COC)NC(C)C(=O)OC(C)C)c(C(C)C)c2)cc1C(C)C. The average molecular weight is 797 g/mol. The lowest BCUT2D eigenvalue weighted by Crippen LogP contribution is -2.36. The normalized spacial score (nSPS) is 15.4. The molecular formula is C40H66N2O10P2. The predicted octanol–water partition coefficient (Wildman–Crippen LogP) is 10.1. The summed E-state index contributed by atoms with van der Waals surface area (Å²) in [6.07, 6.45) is -1.19. The van der Waals surface area contributed by atoms with Crippen LogP contribution in [0.1, 0.15) is 143 Å². The molecule has 0 aromatic heterocycles. The van der Waals surface area contributed by atoms with Crippen molar-refractivity contribution in [2.75, 3.05) is 26.9 Å². The van der Waals surface area contributed by atoms with Crippen LogP contribution in [0.5, 0.6) is 11.5 Å². The molecule has 0 fully saturated rings. The number of esters is 2. The molecule has 2 N–H and O–H groups in total. The summed E-state index contributed by atoms with van der Waals surface area (Å²) in [4.78, 5) is 25.4. The van der Waals surface area contributed by atoms with Crippen LogP contribution in [0.3, 0.4) is 0 Å². The van der Waals surface area contributed by atoms with E-state index in [0.717, 1.165) is 33.4 Å². The van der Waals surface area contributed by atoms with Gasteiger partial charge in [0.25, 0.3) is 0 Å². The van der Waals surface area contributed by atoms with Crippen LogP contribution in [0.4, 0.5) is 0 Å². The first kappa shape index (κ1) is 47.4. The molecule has 2 aromatic rings. The van der Waals surface area contributed by atoms with Crippen LogP contribution >= 0.6 is 15.0 Å². The maximum Gasteiger partial charge on any atom is 0.342 e. The minimum atomic E-state index is -3.77.